The number of aromatic nitrogens is 3. The minimum absolute atomic E-state index is 0.266. The Balaban J connectivity index is 1.77. The lowest BCUT2D eigenvalue weighted by molar-refractivity contribution is 0.0304. The van der Waals surface area contributed by atoms with Crippen LogP contribution in [0, 0.1) is 0 Å². The molecule has 8 heteroatoms. The minimum Gasteiger partial charge on any atom is -0.366 e. The van der Waals surface area contributed by atoms with E-state index in [1.807, 2.05) is 35.0 Å². The van der Waals surface area contributed by atoms with Gasteiger partial charge in [-0.3, -0.25) is 0 Å². The Bertz CT molecular complexity index is 759. The van der Waals surface area contributed by atoms with Crippen LogP contribution in [-0.4, -0.2) is 13.9 Å². The average molecular weight is 389 g/mol. The lowest BCUT2D eigenvalue weighted by atomic mass is 10.2. The Morgan fingerprint density at radius 1 is 1.17 bits per heavy atom. The molecule has 0 unspecified atom stereocenters. The van der Waals surface area contributed by atoms with Gasteiger partial charge < -0.3 is 9.30 Å². The lowest BCUT2D eigenvalue weighted by Crippen LogP contribution is -2.11. The lowest BCUT2D eigenvalue weighted by Gasteiger charge is -2.17. The summed E-state index contributed by atoms with van der Waals surface area (Å²) in [6.07, 6.45) is 5.06. The van der Waals surface area contributed by atoms with Crippen molar-refractivity contribution >= 4 is 46.3 Å². The van der Waals surface area contributed by atoms with E-state index in [2.05, 4.69) is 9.36 Å². The maximum absolute atomic E-state index is 6.24. The van der Waals surface area contributed by atoms with Crippen molar-refractivity contribution in [3.05, 3.63) is 68.6 Å². The standard InChI is InChI=1S/C15H12Cl3N3OS/c16-11-3-1-10(2-4-11)8-22-12(7-21-6-5-19-9-21)14-13(17)15(18)20-23-14/h1-6,9,12H,7-8H2/t12-/m1/s1. The van der Waals surface area contributed by atoms with Crippen LogP contribution >= 0.6 is 46.3 Å². The molecule has 0 fully saturated rings. The van der Waals surface area contributed by atoms with Crippen LogP contribution in [0.25, 0.3) is 0 Å². The van der Waals surface area contributed by atoms with Gasteiger partial charge in [0.15, 0.2) is 5.15 Å². The number of benzene rings is 1. The van der Waals surface area contributed by atoms with Gasteiger partial charge in [0.05, 0.1) is 29.4 Å². The molecule has 0 amide bonds. The molecule has 1 atom stereocenters. The Kier molecular flexibility index (Phi) is 5.56. The number of rotatable bonds is 6. The van der Waals surface area contributed by atoms with Gasteiger partial charge in [-0.25, -0.2) is 4.98 Å². The van der Waals surface area contributed by atoms with Gasteiger partial charge in [0.25, 0.3) is 0 Å². The first-order valence-electron chi connectivity index (χ1n) is 6.76. The summed E-state index contributed by atoms with van der Waals surface area (Å²) in [5, 5.41) is 1.44. The van der Waals surface area contributed by atoms with Gasteiger partial charge in [0.1, 0.15) is 6.10 Å². The van der Waals surface area contributed by atoms with E-state index < -0.39 is 0 Å². The monoisotopic (exact) mass is 387 g/mol. The molecule has 0 radical (unpaired) electrons. The molecule has 0 bridgehead atoms. The molecular weight excluding hydrogens is 377 g/mol. The first-order valence-corrected chi connectivity index (χ1v) is 8.66. The smallest absolute Gasteiger partial charge is 0.161 e. The molecule has 0 aliphatic rings. The van der Waals surface area contributed by atoms with E-state index in [0.717, 1.165) is 10.4 Å². The van der Waals surface area contributed by atoms with E-state index in [0.29, 0.717) is 28.4 Å². The molecule has 4 nitrogen and oxygen atoms in total. The highest BCUT2D eigenvalue weighted by molar-refractivity contribution is 7.07. The van der Waals surface area contributed by atoms with E-state index in [1.54, 1.807) is 12.5 Å². The van der Waals surface area contributed by atoms with Crippen LogP contribution in [0.3, 0.4) is 0 Å². The van der Waals surface area contributed by atoms with Crippen molar-refractivity contribution in [2.45, 2.75) is 19.3 Å². The van der Waals surface area contributed by atoms with E-state index >= 15 is 0 Å². The first-order chi connectivity index (χ1) is 11.1. The average Bonchev–Trinajstić information content (AvgIpc) is 3.17. The summed E-state index contributed by atoms with van der Waals surface area (Å²) in [6, 6.07) is 7.53. The zero-order valence-electron chi connectivity index (χ0n) is 11.8. The number of hydrogen-bond donors (Lipinski definition) is 0. The van der Waals surface area contributed by atoms with Crippen molar-refractivity contribution in [1.29, 1.82) is 0 Å². The molecule has 23 heavy (non-hydrogen) atoms. The van der Waals surface area contributed by atoms with Gasteiger partial charge in [0, 0.05) is 17.4 Å². The molecule has 2 aromatic heterocycles. The van der Waals surface area contributed by atoms with E-state index in [4.69, 9.17) is 39.5 Å². The number of halogens is 3. The third-order valence-electron chi connectivity index (χ3n) is 3.21. The van der Waals surface area contributed by atoms with E-state index in [1.165, 1.54) is 11.5 Å². The third kappa shape index (κ3) is 4.25. The van der Waals surface area contributed by atoms with Gasteiger partial charge in [-0.1, -0.05) is 46.9 Å². The number of nitrogens with zero attached hydrogens (tertiary/aromatic N) is 3. The maximum atomic E-state index is 6.24. The second-order valence-corrected chi connectivity index (χ2v) is 6.81. The molecule has 3 rings (SSSR count). The highest BCUT2D eigenvalue weighted by Crippen LogP contribution is 2.36. The van der Waals surface area contributed by atoms with Crippen LogP contribution in [0.15, 0.2) is 43.0 Å². The number of imidazole rings is 1. The summed E-state index contributed by atoms with van der Waals surface area (Å²) in [4.78, 5) is 4.85. The van der Waals surface area contributed by atoms with E-state index in [-0.39, 0.29) is 6.10 Å². The van der Waals surface area contributed by atoms with Gasteiger partial charge in [-0.2, -0.15) is 4.37 Å². The van der Waals surface area contributed by atoms with Crippen LogP contribution < -0.4 is 0 Å². The fourth-order valence-electron chi connectivity index (χ4n) is 2.05. The SMILES string of the molecule is Clc1ccc(CO[C@H](Cn2ccnc2)c2snc(Cl)c2Cl)cc1. The first kappa shape index (κ1) is 16.7. The molecule has 1 aromatic carbocycles. The Morgan fingerprint density at radius 2 is 1.96 bits per heavy atom. The quantitative estimate of drug-likeness (QED) is 0.578. The van der Waals surface area contributed by atoms with Crippen LogP contribution in [0.4, 0.5) is 0 Å². The van der Waals surface area contributed by atoms with Gasteiger partial charge in [0.2, 0.25) is 0 Å². The zero-order chi connectivity index (χ0) is 16.2. The molecule has 0 saturated heterocycles. The highest BCUT2D eigenvalue weighted by Gasteiger charge is 2.21. The van der Waals surface area contributed by atoms with Crippen LogP contribution in [0.5, 0.6) is 0 Å². The Morgan fingerprint density at radius 3 is 2.57 bits per heavy atom. The molecule has 0 spiro atoms. The van der Waals surface area contributed by atoms with E-state index in [9.17, 15) is 0 Å². The fourth-order valence-corrected chi connectivity index (χ4v) is 3.46. The van der Waals surface area contributed by atoms with Crippen molar-refractivity contribution in [2.24, 2.45) is 0 Å². The van der Waals surface area contributed by atoms with Crippen molar-refractivity contribution < 1.29 is 4.74 Å². The Hall–Kier alpha value is -1.11. The van der Waals surface area contributed by atoms with Crippen molar-refractivity contribution in [1.82, 2.24) is 13.9 Å². The van der Waals surface area contributed by atoms with Crippen LogP contribution in [0.2, 0.25) is 15.2 Å². The normalized spacial score (nSPS) is 12.5. The highest BCUT2D eigenvalue weighted by atomic mass is 35.5. The second-order valence-electron chi connectivity index (χ2n) is 4.84. The third-order valence-corrected chi connectivity index (χ3v) is 5.37. The summed E-state index contributed by atoms with van der Waals surface area (Å²) in [7, 11) is 0. The summed E-state index contributed by atoms with van der Waals surface area (Å²) in [6.45, 7) is 1.01. The molecule has 0 saturated carbocycles. The summed E-state index contributed by atoms with van der Waals surface area (Å²) >= 11 is 19.4. The summed E-state index contributed by atoms with van der Waals surface area (Å²) in [5.74, 6) is 0. The predicted molar refractivity (Wildman–Crippen MR) is 93.3 cm³/mol. The zero-order valence-corrected chi connectivity index (χ0v) is 14.9. The summed E-state index contributed by atoms with van der Waals surface area (Å²) < 4.78 is 12.1. The molecule has 2 heterocycles. The van der Waals surface area contributed by atoms with Crippen LogP contribution in [-0.2, 0) is 17.9 Å². The minimum atomic E-state index is -0.266. The molecule has 0 aliphatic heterocycles. The van der Waals surface area contributed by atoms with Crippen LogP contribution in [0.1, 0.15) is 16.5 Å². The largest absolute Gasteiger partial charge is 0.366 e. The topological polar surface area (TPSA) is 39.9 Å². The van der Waals surface area contributed by atoms with Gasteiger partial charge in [-0.05, 0) is 29.2 Å². The molecule has 3 aromatic rings. The van der Waals surface area contributed by atoms with Crippen molar-refractivity contribution in [2.75, 3.05) is 0 Å². The second kappa shape index (κ2) is 7.64. The predicted octanol–water partition coefficient (Wildman–Crippen LogP) is 5.26. The molecule has 120 valence electrons. The van der Waals surface area contributed by atoms with Gasteiger partial charge >= 0.3 is 0 Å². The van der Waals surface area contributed by atoms with Crippen molar-refractivity contribution in [3.8, 4) is 0 Å². The number of hydrogen-bond acceptors (Lipinski definition) is 4. The fraction of sp³-hybridized carbons (Fsp3) is 0.200. The van der Waals surface area contributed by atoms with Gasteiger partial charge in [-0.15, -0.1) is 0 Å². The van der Waals surface area contributed by atoms with Crippen molar-refractivity contribution in [3.63, 3.8) is 0 Å². The number of ether oxygens (including phenoxy) is 1. The molecule has 0 aliphatic carbocycles. The molecule has 0 N–H and O–H groups in total. The summed E-state index contributed by atoms with van der Waals surface area (Å²) in [5.41, 5.74) is 1.02. The molecular formula is C15H12Cl3N3OS. The Labute approximate surface area is 152 Å². The maximum Gasteiger partial charge on any atom is 0.161 e.